The van der Waals surface area contributed by atoms with Crippen LogP contribution >= 0.6 is 0 Å². The van der Waals surface area contributed by atoms with Crippen LogP contribution in [-0.4, -0.2) is 22.7 Å². The zero-order chi connectivity index (χ0) is 15.5. The molecule has 1 heterocycles. The second-order valence-electron chi connectivity index (χ2n) is 6.24. The molecule has 2 N–H and O–H groups in total. The standard InChI is InChI=1S/C15H27N3O2/c1-7-15(4,5)12-11(9-8-10(2)3)18(13(16)19)14(17-12)20-6/h10H,7-9H2,1-6H3,(H2,16,19). The molecule has 5 heteroatoms. The number of methoxy groups -OCH3 is 1. The molecule has 1 aromatic rings. The SMILES string of the molecule is CCC(C)(C)c1nc(OC)n(C(N)=O)c1CCC(C)C. The molecule has 0 aliphatic heterocycles. The smallest absolute Gasteiger partial charge is 0.327 e. The fourth-order valence-electron chi connectivity index (χ4n) is 2.16. The second-order valence-corrected chi connectivity index (χ2v) is 6.24. The molecule has 0 aliphatic carbocycles. The van der Waals surface area contributed by atoms with Crippen LogP contribution in [0.1, 0.15) is 58.8 Å². The van der Waals surface area contributed by atoms with Gasteiger partial charge >= 0.3 is 12.0 Å². The van der Waals surface area contributed by atoms with E-state index in [2.05, 4.69) is 39.6 Å². The summed E-state index contributed by atoms with van der Waals surface area (Å²) >= 11 is 0. The van der Waals surface area contributed by atoms with E-state index in [-0.39, 0.29) is 11.4 Å². The third-order valence-corrected chi connectivity index (χ3v) is 3.83. The van der Waals surface area contributed by atoms with Crippen molar-refractivity contribution in [2.75, 3.05) is 7.11 Å². The Morgan fingerprint density at radius 3 is 2.45 bits per heavy atom. The van der Waals surface area contributed by atoms with Crippen LogP contribution in [0.5, 0.6) is 6.01 Å². The summed E-state index contributed by atoms with van der Waals surface area (Å²) in [4.78, 5) is 16.3. The van der Waals surface area contributed by atoms with E-state index in [1.165, 1.54) is 11.7 Å². The molecule has 1 rings (SSSR count). The van der Waals surface area contributed by atoms with Gasteiger partial charge in [-0.2, -0.15) is 4.98 Å². The fraction of sp³-hybridized carbons (Fsp3) is 0.733. The molecule has 0 atom stereocenters. The molecule has 0 aliphatic rings. The Bertz CT molecular complexity index is 476. The first-order chi connectivity index (χ1) is 9.24. The van der Waals surface area contributed by atoms with Crippen LogP contribution in [0, 0.1) is 5.92 Å². The lowest BCUT2D eigenvalue weighted by atomic mass is 9.84. The normalized spacial score (nSPS) is 11.9. The minimum atomic E-state index is -0.536. The highest BCUT2D eigenvalue weighted by Gasteiger charge is 2.30. The van der Waals surface area contributed by atoms with Crippen molar-refractivity contribution in [3.05, 3.63) is 11.4 Å². The van der Waals surface area contributed by atoms with Gasteiger partial charge in [0.2, 0.25) is 0 Å². The van der Waals surface area contributed by atoms with E-state index < -0.39 is 6.03 Å². The van der Waals surface area contributed by atoms with Gasteiger partial charge in [0, 0.05) is 5.41 Å². The average Bonchev–Trinajstić information content (AvgIpc) is 2.75. The Kier molecular flexibility index (Phi) is 5.20. The summed E-state index contributed by atoms with van der Waals surface area (Å²) in [5, 5.41) is 0. The number of ether oxygens (including phenoxy) is 1. The zero-order valence-corrected chi connectivity index (χ0v) is 13.5. The number of amides is 1. The molecule has 0 saturated heterocycles. The van der Waals surface area contributed by atoms with E-state index in [9.17, 15) is 4.79 Å². The van der Waals surface area contributed by atoms with Gasteiger partial charge in [-0.15, -0.1) is 0 Å². The summed E-state index contributed by atoms with van der Waals surface area (Å²) < 4.78 is 6.64. The third kappa shape index (κ3) is 3.32. The van der Waals surface area contributed by atoms with Gasteiger partial charge < -0.3 is 10.5 Å². The Balaban J connectivity index is 3.38. The van der Waals surface area contributed by atoms with E-state index >= 15 is 0 Å². The minimum absolute atomic E-state index is 0.111. The summed E-state index contributed by atoms with van der Waals surface area (Å²) in [6.45, 7) is 10.7. The molecule has 0 unspecified atom stereocenters. The van der Waals surface area contributed by atoms with E-state index in [0.717, 1.165) is 30.7 Å². The number of nitrogens with two attached hydrogens (primary N) is 1. The van der Waals surface area contributed by atoms with E-state index in [1.54, 1.807) is 0 Å². The average molecular weight is 281 g/mol. The Labute approximate surface area is 121 Å². The highest BCUT2D eigenvalue weighted by Crippen LogP contribution is 2.32. The van der Waals surface area contributed by atoms with Crippen LogP contribution in [0.2, 0.25) is 0 Å². The summed E-state index contributed by atoms with van der Waals surface area (Å²) in [6.07, 6.45) is 2.69. The number of imidazole rings is 1. The van der Waals surface area contributed by atoms with Gasteiger partial charge in [-0.3, -0.25) is 0 Å². The van der Waals surface area contributed by atoms with Crippen molar-refractivity contribution in [2.45, 2.75) is 59.3 Å². The lowest BCUT2D eigenvalue weighted by Gasteiger charge is -2.22. The van der Waals surface area contributed by atoms with Gasteiger partial charge in [0.25, 0.3) is 0 Å². The molecule has 0 aromatic carbocycles. The van der Waals surface area contributed by atoms with Crippen molar-refractivity contribution < 1.29 is 9.53 Å². The summed E-state index contributed by atoms with van der Waals surface area (Å²) in [5.41, 5.74) is 7.19. The first-order valence-electron chi connectivity index (χ1n) is 7.20. The molecular weight excluding hydrogens is 254 g/mol. The number of hydrogen-bond acceptors (Lipinski definition) is 3. The molecule has 1 aromatic heterocycles. The predicted octanol–water partition coefficient (Wildman–Crippen LogP) is 3.09. The van der Waals surface area contributed by atoms with Crippen LogP contribution in [0.25, 0.3) is 0 Å². The Hall–Kier alpha value is -1.52. The largest absolute Gasteiger partial charge is 0.468 e. The summed E-state index contributed by atoms with van der Waals surface area (Å²) in [5.74, 6) is 0.551. The number of carbonyl (C=O) groups is 1. The van der Waals surface area contributed by atoms with Crippen LogP contribution < -0.4 is 10.5 Å². The topological polar surface area (TPSA) is 70.1 Å². The van der Waals surface area contributed by atoms with Crippen LogP contribution in [0.3, 0.4) is 0 Å². The first kappa shape index (κ1) is 16.5. The third-order valence-electron chi connectivity index (χ3n) is 3.83. The number of aromatic nitrogens is 2. The van der Waals surface area contributed by atoms with Gasteiger partial charge in [-0.25, -0.2) is 9.36 Å². The van der Waals surface area contributed by atoms with Crippen molar-refractivity contribution in [1.29, 1.82) is 0 Å². The number of hydrogen-bond donors (Lipinski definition) is 1. The van der Waals surface area contributed by atoms with Crippen molar-refractivity contribution in [1.82, 2.24) is 9.55 Å². The maximum Gasteiger partial charge on any atom is 0.327 e. The van der Waals surface area contributed by atoms with E-state index in [4.69, 9.17) is 10.5 Å². The molecule has 0 spiro atoms. The molecule has 1 amide bonds. The van der Waals surface area contributed by atoms with Crippen molar-refractivity contribution in [3.63, 3.8) is 0 Å². The van der Waals surface area contributed by atoms with Crippen molar-refractivity contribution in [3.8, 4) is 6.01 Å². The molecule has 0 bridgehead atoms. The monoisotopic (exact) mass is 281 g/mol. The highest BCUT2D eigenvalue weighted by atomic mass is 16.5. The molecular formula is C15H27N3O2. The molecule has 0 radical (unpaired) electrons. The quantitative estimate of drug-likeness (QED) is 0.871. The van der Waals surface area contributed by atoms with E-state index in [0.29, 0.717) is 5.92 Å². The van der Waals surface area contributed by atoms with Crippen LogP contribution in [-0.2, 0) is 11.8 Å². The van der Waals surface area contributed by atoms with Gasteiger partial charge in [0.05, 0.1) is 18.5 Å². The van der Waals surface area contributed by atoms with E-state index in [1.807, 2.05) is 0 Å². The first-order valence-corrected chi connectivity index (χ1v) is 7.20. The number of carbonyl (C=O) groups excluding carboxylic acids is 1. The Morgan fingerprint density at radius 1 is 1.45 bits per heavy atom. The predicted molar refractivity (Wildman–Crippen MR) is 80.2 cm³/mol. The van der Waals surface area contributed by atoms with Gasteiger partial charge in [0.1, 0.15) is 0 Å². The summed E-state index contributed by atoms with van der Waals surface area (Å²) in [7, 11) is 1.51. The molecule has 5 nitrogen and oxygen atoms in total. The highest BCUT2D eigenvalue weighted by molar-refractivity contribution is 5.77. The summed E-state index contributed by atoms with van der Waals surface area (Å²) in [6, 6.07) is -0.251. The number of primary amides is 1. The van der Waals surface area contributed by atoms with Gasteiger partial charge in [-0.05, 0) is 25.2 Å². The zero-order valence-electron chi connectivity index (χ0n) is 13.5. The second kappa shape index (κ2) is 6.29. The van der Waals surface area contributed by atoms with Crippen LogP contribution in [0.15, 0.2) is 0 Å². The molecule has 0 fully saturated rings. The van der Waals surface area contributed by atoms with Crippen LogP contribution in [0.4, 0.5) is 4.79 Å². The molecule has 20 heavy (non-hydrogen) atoms. The minimum Gasteiger partial charge on any atom is -0.468 e. The number of nitrogens with zero attached hydrogens (tertiary/aromatic N) is 2. The lowest BCUT2D eigenvalue weighted by molar-refractivity contribution is 0.245. The van der Waals surface area contributed by atoms with Crippen molar-refractivity contribution >= 4 is 6.03 Å². The van der Waals surface area contributed by atoms with Gasteiger partial charge in [0.15, 0.2) is 0 Å². The van der Waals surface area contributed by atoms with Crippen molar-refractivity contribution in [2.24, 2.45) is 11.7 Å². The van der Waals surface area contributed by atoms with Gasteiger partial charge in [-0.1, -0.05) is 34.6 Å². The molecule has 114 valence electrons. The number of rotatable bonds is 6. The Morgan fingerprint density at radius 2 is 2.05 bits per heavy atom. The lowest BCUT2D eigenvalue weighted by Crippen LogP contribution is -2.25. The fourth-order valence-corrected chi connectivity index (χ4v) is 2.16. The molecule has 0 saturated carbocycles. The maximum atomic E-state index is 11.7. The maximum absolute atomic E-state index is 11.7.